The van der Waals surface area contributed by atoms with Crippen molar-refractivity contribution in [3.8, 4) is 0 Å². The molecule has 5 nitrogen and oxygen atoms in total. The largest absolute Gasteiger partial charge is 0.347 e. The summed E-state index contributed by atoms with van der Waals surface area (Å²) < 4.78 is 0. The van der Waals surface area contributed by atoms with E-state index in [1.807, 2.05) is 6.92 Å². The molecule has 1 rings (SSSR count). The molecule has 1 heterocycles. The van der Waals surface area contributed by atoms with Gasteiger partial charge in [-0.1, -0.05) is 12.8 Å². The van der Waals surface area contributed by atoms with E-state index in [-0.39, 0.29) is 11.9 Å². The Morgan fingerprint density at radius 2 is 2.24 bits per heavy atom. The maximum atomic E-state index is 11.6. The number of aromatic nitrogens is 2. The van der Waals surface area contributed by atoms with Gasteiger partial charge in [-0.15, -0.1) is 0 Å². The lowest BCUT2D eigenvalue weighted by atomic mass is 10.1. The van der Waals surface area contributed by atoms with E-state index >= 15 is 0 Å². The maximum Gasteiger partial charge on any atom is 0.220 e. The second kappa shape index (κ2) is 7.84. The molecule has 1 atom stereocenters. The molecule has 0 aliphatic rings. The van der Waals surface area contributed by atoms with Crippen LogP contribution in [-0.2, 0) is 4.79 Å². The van der Waals surface area contributed by atoms with Crippen LogP contribution in [0.5, 0.6) is 0 Å². The zero-order valence-corrected chi connectivity index (χ0v) is 10.4. The number of rotatable bonds is 8. The SMILES string of the molecule is CC(NC(=O)CCCCCCN)c1ncc[nH]1. The van der Waals surface area contributed by atoms with Crippen molar-refractivity contribution in [3.63, 3.8) is 0 Å². The standard InChI is InChI=1S/C12H22N4O/c1-10(12-14-8-9-15-12)16-11(17)6-4-2-3-5-7-13/h8-10H,2-7,13H2,1H3,(H,14,15)(H,16,17). The first-order valence-corrected chi connectivity index (χ1v) is 6.22. The third-order valence-corrected chi connectivity index (χ3v) is 2.66. The number of unbranched alkanes of at least 4 members (excludes halogenated alkanes) is 3. The number of nitrogens with zero attached hydrogens (tertiary/aromatic N) is 1. The van der Waals surface area contributed by atoms with Crippen LogP contribution in [0, 0.1) is 0 Å². The molecule has 17 heavy (non-hydrogen) atoms. The Morgan fingerprint density at radius 1 is 1.47 bits per heavy atom. The van der Waals surface area contributed by atoms with Crippen LogP contribution in [0.15, 0.2) is 12.4 Å². The lowest BCUT2D eigenvalue weighted by Crippen LogP contribution is -2.27. The highest BCUT2D eigenvalue weighted by molar-refractivity contribution is 5.76. The third-order valence-electron chi connectivity index (χ3n) is 2.66. The highest BCUT2D eigenvalue weighted by Crippen LogP contribution is 2.07. The molecule has 96 valence electrons. The van der Waals surface area contributed by atoms with Gasteiger partial charge in [-0.2, -0.15) is 0 Å². The summed E-state index contributed by atoms with van der Waals surface area (Å²) in [4.78, 5) is 18.7. The van der Waals surface area contributed by atoms with Gasteiger partial charge in [0.05, 0.1) is 6.04 Å². The first-order valence-electron chi connectivity index (χ1n) is 6.22. The summed E-state index contributed by atoms with van der Waals surface area (Å²) in [6, 6.07) is -0.0541. The summed E-state index contributed by atoms with van der Waals surface area (Å²) in [5.41, 5.74) is 5.40. The van der Waals surface area contributed by atoms with Crippen LogP contribution in [0.25, 0.3) is 0 Å². The van der Waals surface area contributed by atoms with Crippen LogP contribution in [-0.4, -0.2) is 22.4 Å². The van der Waals surface area contributed by atoms with Crippen molar-refractivity contribution in [2.75, 3.05) is 6.54 Å². The van der Waals surface area contributed by atoms with Crippen LogP contribution in [0.1, 0.15) is 50.9 Å². The molecule has 1 unspecified atom stereocenters. The van der Waals surface area contributed by atoms with Gasteiger partial charge in [0.1, 0.15) is 5.82 Å². The molecule has 1 aromatic rings. The number of amides is 1. The predicted octanol–water partition coefficient (Wildman–Crippen LogP) is 1.50. The number of H-pyrrole nitrogens is 1. The topological polar surface area (TPSA) is 83.8 Å². The van der Waals surface area contributed by atoms with Gasteiger partial charge in [-0.25, -0.2) is 4.98 Å². The van der Waals surface area contributed by atoms with Crippen LogP contribution < -0.4 is 11.1 Å². The Kier molecular flexibility index (Phi) is 6.32. The summed E-state index contributed by atoms with van der Waals surface area (Å²) in [6.45, 7) is 2.66. The minimum absolute atomic E-state index is 0.0541. The van der Waals surface area contributed by atoms with Crippen LogP contribution in [0.2, 0.25) is 0 Å². The van der Waals surface area contributed by atoms with Gasteiger partial charge in [0.15, 0.2) is 0 Å². The summed E-state index contributed by atoms with van der Waals surface area (Å²) in [5, 5.41) is 2.92. The van der Waals surface area contributed by atoms with Gasteiger partial charge in [0, 0.05) is 18.8 Å². The average Bonchev–Trinajstić information content (AvgIpc) is 2.82. The molecule has 0 aliphatic carbocycles. The summed E-state index contributed by atoms with van der Waals surface area (Å²) >= 11 is 0. The quantitative estimate of drug-likeness (QED) is 0.600. The van der Waals surface area contributed by atoms with Gasteiger partial charge >= 0.3 is 0 Å². The van der Waals surface area contributed by atoms with Gasteiger partial charge < -0.3 is 16.0 Å². The normalized spacial score (nSPS) is 12.4. The number of imidazole rings is 1. The minimum atomic E-state index is -0.0541. The zero-order chi connectivity index (χ0) is 12.5. The van der Waals surface area contributed by atoms with E-state index in [4.69, 9.17) is 5.73 Å². The second-order valence-electron chi connectivity index (χ2n) is 4.22. The van der Waals surface area contributed by atoms with Crippen molar-refractivity contribution in [2.45, 2.75) is 45.1 Å². The Bertz CT molecular complexity index is 310. The Labute approximate surface area is 102 Å². The van der Waals surface area contributed by atoms with E-state index in [9.17, 15) is 4.79 Å². The van der Waals surface area contributed by atoms with Gasteiger partial charge in [0.25, 0.3) is 0 Å². The molecule has 1 amide bonds. The minimum Gasteiger partial charge on any atom is -0.347 e. The van der Waals surface area contributed by atoms with Crippen molar-refractivity contribution < 1.29 is 4.79 Å². The van der Waals surface area contributed by atoms with Crippen molar-refractivity contribution in [3.05, 3.63) is 18.2 Å². The van der Waals surface area contributed by atoms with Gasteiger partial charge in [-0.05, 0) is 26.3 Å². The molecule has 0 fully saturated rings. The Balaban J connectivity index is 2.12. The molecule has 0 aromatic carbocycles. The second-order valence-corrected chi connectivity index (χ2v) is 4.22. The fourth-order valence-electron chi connectivity index (χ4n) is 1.68. The molecule has 0 bridgehead atoms. The Hall–Kier alpha value is -1.36. The van der Waals surface area contributed by atoms with Crippen molar-refractivity contribution in [1.82, 2.24) is 15.3 Å². The maximum absolute atomic E-state index is 11.6. The number of carbonyl (C=O) groups excluding carboxylic acids is 1. The Morgan fingerprint density at radius 3 is 2.88 bits per heavy atom. The van der Waals surface area contributed by atoms with Crippen molar-refractivity contribution in [1.29, 1.82) is 0 Å². The summed E-state index contributed by atoms with van der Waals surface area (Å²) in [5.74, 6) is 0.878. The molecule has 0 spiro atoms. The molecular weight excluding hydrogens is 216 g/mol. The van der Waals surface area contributed by atoms with Crippen LogP contribution in [0.4, 0.5) is 0 Å². The smallest absolute Gasteiger partial charge is 0.220 e. The monoisotopic (exact) mass is 238 g/mol. The molecular formula is C12H22N4O. The number of hydrogen-bond donors (Lipinski definition) is 3. The van der Waals surface area contributed by atoms with Crippen LogP contribution in [0.3, 0.4) is 0 Å². The highest BCUT2D eigenvalue weighted by atomic mass is 16.1. The number of nitrogens with two attached hydrogens (primary N) is 1. The van der Waals surface area contributed by atoms with Crippen molar-refractivity contribution in [2.24, 2.45) is 5.73 Å². The summed E-state index contributed by atoms with van der Waals surface area (Å²) in [6.07, 6.45) is 8.17. The molecule has 0 saturated carbocycles. The fourth-order valence-corrected chi connectivity index (χ4v) is 1.68. The number of hydrogen-bond acceptors (Lipinski definition) is 3. The third kappa shape index (κ3) is 5.49. The molecule has 0 saturated heterocycles. The molecule has 0 aliphatic heterocycles. The average molecular weight is 238 g/mol. The number of carbonyl (C=O) groups is 1. The van der Waals surface area contributed by atoms with E-state index in [1.54, 1.807) is 12.4 Å². The molecule has 4 N–H and O–H groups in total. The van der Waals surface area contributed by atoms with E-state index in [0.717, 1.165) is 38.1 Å². The van der Waals surface area contributed by atoms with Crippen molar-refractivity contribution >= 4 is 5.91 Å². The lowest BCUT2D eigenvalue weighted by molar-refractivity contribution is -0.121. The molecule has 1 aromatic heterocycles. The van der Waals surface area contributed by atoms with Gasteiger partial charge in [-0.3, -0.25) is 4.79 Å². The summed E-state index contributed by atoms with van der Waals surface area (Å²) in [7, 11) is 0. The predicted molar refractivity (Wildman–Crippen MR) is 67.3 cm³/mol. The molecule has 0 radical (unpaired) electrons. The molecule has 5 heteroatoms. The van der Waals surface area contributed by atoms with E-state index < -0.39 is 0 Å². The highest BCUT2D eigenvalue weighted by Gasteiger charge is 2.10. The van der Waals surface area contributed by atoms with Crippen LogP contribution >= 0.6 is 0 Å². The van der Waals surface area contributed by atoms with E-state index in [0.29, 0.717) is 6.42 Å². The zero-order valence-electron chi connectivity index (χ0n) is 10.4. The van der Waals surface area contributed by atoms with E-state index in [1.165, 1.54) is 0 Å². The fraction of sp³-hybridized carbons (Fsp3) is 0.667. The lowest BCUT2D eigenvalue weighted by Gasteiger charge is -2.11. The first kappa shape index (κ1) is 13.7. The number of nitrogens with one attached hydrogen (secondary N) is 2. The van der Waals surface area contributed by atoms with E-state index in [2.05, 4.69) is 15.3 Å². The first-order chi connectivity index (χ1) is 8.24. The number of aromatic amines is 1. The van der Waals surface area contributed by atoms with Gasteiger partial charge in [0.2, 0.25) is 5.91 Å².